The van der Waals surface area contributed by atoms with Crippen molar-refractivity contribution in [3.63, 3.8) is 0 Å². The van der Waals surface area contributed by atoms with Crippen LogP contribution in [0.1, 0.15) is 29.2 Å². The monoisotopic (exact) mass is 318 g/mol. The second-order valence-corrected chi connectivity index (χ2v) is 6.57. The van der Waals surface area contributed by atoms with Gasteiger partial charge in [0.25, 0.3) is 0 Å². The molecule has 1 saturated carbocycles. The van der Waals surface area contributed by atoms with E-state index in [2.05, 4.69) is 9.97 Å². The smallest absolute Gasteiger partial charge is 0.331 e. The number of aryl methyl sites for hydroxylation is 2. The third-order valence-corrected chi connectivity index (χ3v) is 4.50. The molecule has 0 bridgehead atoms. The van der Waals surface area contributed by atoms with Crippen LogP contribution >= 0.6 is 11.3 Å². The first-order chi connectivity index (χ1) is 10.5. The van der Waals surface area contributed by atoms with Crippen LogP contribution < -0.4 is 5.69 Å². The van der Waals surface area contributed by atoms with Crippen molar-refractivity contribution in [3.8, 4) is 0 Å². The largest absolute Gasteiger partial charge is 0.348 e. The Kier molecular flexibility index (Phi) is 4.06. The van der Waals surface area contributed by atoms with Crippen molar-refractivity contribution in [2.45, 2.75) is 45.8 Å². The van der Waals surface area contributed by atoms with Gasteiger partial charge in [0.1, 0.15) is 11.6 Å². The Balaban J connectivity index is 1.78. The highest BCUT2D eigenvalue weighted by molar-refractivity contribution is 7.09. The molecule has 0 aliphatic heterocycles. The molecular formula is C15H18N4O2S. The fourth-order valence-corrected chi connectivity index (χ4v) is 3.09. The molecule has 0 N–H and O–H groups in total. The first kappa shape index (κ1) is 14.9. The first-order valence-electron chi connectivity index (χ1n) is 7.27. The van der Waals surface area contributed by atoms with E-state index < -0.39 is 0 Å². The van der Waals surface area contributed by atoms with Gasteiger partial charge in [-0.05, 0) is 32.8 Å². The van der Waals surface area contributed by atoms with Crippen LogP contribution in [0.4, 0.5) is 0 Å². The molecular weight excluding hydrogens is 300 g/mol. The highest BCUT2D eigenvalue weighted by Crippen LogP contribution is 2.29. The van der Waals surface area contributed by atoms with Gasteiger partial charge in [0.2, 0.25) is 5.91 Å². The summed E-state index contributed by atoms with van der Waals surface area (Å²) in [5.41, 5.74) is 1.07. The molecule has 116 valence electrons. The molecule has 0 unspecified atom stereocenters. The van der Waals surface area contributed by atoms with E-state index in [4.69, 9.17) is 0 Å². The predicted octanol–water partition coefficient (Wildman–Crippen LogP) is 1.51. The normalized spacial score (nSPS) is 14.1. The average molecular weight is 318 g/mol. The Morgan fingerprint density at radius 3 is 2.82 bits per heavy atom. The number of carbonyl (C=O) groups excluding carboxylic acids is 1. The average Bonchev–Trinajstić information content (AvgIpc) is 3.16. The zero-order valence-corrected chi connectivity index (χ0v) is 13.5. The molecule has 0 radical (unpaired) electrons. The summed E-state index contributed by atoms with van der Waals surface area (Å²) in [4.78, 5) is 34.6. The molecule has 0 aromatic carbocycles. The highest BCUT2D eigenvalue weighted by atomic mass is 32.1. The fraction of sp³-hybridized carbons (Fsp3) is 0.467. The number of nitrogens with zero attached hydrogens (tertiary/aromatic N) is 4. The van der Waals surface area contributed by atoms with Gasteiger partial charge in [-0.2, -0.15) is 4.98 Å². The van der Waals surface area contributed by atoms with Gasteiger partial charge in [-0.1, -0.05) is 0 Å². The van der Waals surface area contributed by atoms with Crippen LogP contribution in [-0.2, 0) is 17.9 Å². The van der Waals surface area contributed by atoms with Crippen LogP contribution in [0.25, 0.3) is 0 Å². The molecule has 2 aromatic heterocycles. The lowest BCUT2D eigenvalue weighted by molar-refractivity contribution is -0.133. The Morgan fingerprint density at radius 2 is 2.23 bits per heavy atom. The molecule has 2 heterocycles. The van der Waals surface area contributed by atoms with Crippen molar-refractivity contribution in [1.29, 1.82) is 0 Å². The van der Waals surface area contributed by atoms with E-state index in [1.807, 2.05) is 23.3 Å². The number of rotatable bonds is 5. The minimum absolute atomic E-state index is 0.0415. The van der Waals surface area contributed by atoms with E-state index in [1.54, 1.807) is 24.5 Å². The zero-order chi connectivity index (χ0) is 15.7. The molecule has 22 heavy (non-hydrogen) atoms. The van der Waals surface area contributed by atoms with Crippen molar-refractivity contribution in [1.82, 2.24) is 19.4 Å². The van der Waals surface area contributed by atoms with Gasteiger partial charge in [-0.15, -0.1) is 11.3 Å². The summed E-state index contributed by atoms with van der Waals surface area (Å²) in [6.45, 7) is 4.17. The fourth-order valence-electron chi connectivity index (χ4n) is 2.48. The summed E-state index contributed by atoms with van der Waals surface area (Å²) in [5, 5.41) is 2.83. The van der Waals surface area contributed by atoms with E-state index >= 15 is 0 Å². The van der Waals surface area contributed by atoms with Crippen molar-refractivity contribution in [3.05, 3.63) is 44.5 Å². The molecule has 1 aliphatic carbocycles. The molecule has 6 nitrogen and oxygen atoms in total. The quantitative estimate of drug-likeness (QED) is 0.838. The molecule has 3 rings (SSSR count). The maximum atomic E-state index is 12.6. The Hall–Kier alpha value is -2.02. The standard InChI is InChI=1S/C15H18N4O2S/c1-10-7-11(2)18(15(21)17-10)9-14(20)19(12-3-4-12)8-13-16-5-6-22-13/h5-7,12H,3-4,8-9H2,1-2H3. The number of hydrogen-bond donors (Lipinski definition) is 0. The molecule has 0 spiro atoms. The second-order valence-electron chi connectivity index (χ2n) is 5.59. The molecule has 0 saturated heterocycles. The summed E-state index contributed by atoms with van der Waals surface area (Å²) in [5.74, 6) is -0.0476. The van der Waals surface area contributed by atoms with E-state index in [9.17, 15) is 9.59 Å². The maximum absolute atomic E-state index is 12.6. The number of thiazole rings is 1. The molecule has 1 aliphatic rings. The van der Waals surface area contributed by atoms with Gasteiger partial charge in [0.05, 0.1) is 6.54 Å². The molecule has 1 fully saturated rings. The van der Waals surface area contributed by atoms with E-state index in [0.717, 1.165) is 23.5 Å². The van der Waals surface area contributed by atoms with Gasteiger partial charge in [0, 0.05) is 29.0 Å². The highest BCUT2D eigenvalue weighted by Gasteiger charge is 2.33. The van der Waals surface area contributed by atoms with Gasteiger partial charge in [-0.25, -0.2) is 9.78 Å². The van der Waals surface area contributed by atoms with Crippen LogP contribution in [0.2, 0.25) is 0 Å². The summed E-state index contributed by atoms with van der Waals surface area (Å²) in [6, 6.07) is 2.10. The van der Waals surface area contributed by atoms with E-state index in [1.165, 1.54) is 4.57 Å². The van der Waals surface area contributed by atoms with Crippen LogP contribution in [-0.4, -0.2) is 31.4 Å². The first-order valence-corrected chi connectivity index (χ1v) is 8.15. The lowest BCUT2D eigenvalue weighted by atomic mass is 10.3. The lowest BCUT2D eigenvalue weighted by Gasteiger charge is -2.22. The Bertz CT molecular complexity index is 734. The lowest BCUT2D eigenvalue weighted by Crippen LogP contribution is -2.38. The number of aromatic nitrogens is 3. The van der Waals surface area contributed by atoms with Crippen molar-refractivity contribution < 1.29 is 4.79 Å². The summed E-state index contributed by atoms with van der Waals surface area (Å²) in [7, 11) is 0. The van der Waals surface area contributed by atoms with Crippen molar-refractivity contribution in [2.75, 3.05) is 0 Å². The van der Waals surface area contributed by atoms with Crippen LogP contribution in [0.15, 0.2) is 22.4 Å². The zero-order valence-electron chi connectivity index (χ0n) is 12.7. The van der Waals surface area contributed by atoms with Crippen LogP contribution in [0.5, 0.6) is 0 Å². The summed E-state index contributed by atoms with van der Waals surface area (Å²) < 4.78 is 1.44. The number of hydrogen-bond acceptors (Lipinski definition) is 5. The second kappa shape index (κ2) is 6.00. The minimum Gasteiger partial charge on any atom is -0.331 e. The number of carbonyl (C=O) groups is 1. The Labute approximate surface area is 132 Å². The van der Waals surface area contributed by atoms with E-state index in [0.29, 0.717) is 12.2 Å². The molecule has 7 heteroatoms. The predicted molar refractivity (Wildman–Crippen MR) is 83.7 cm³/mol. The van der Waals surface area contributed by atoms with Crippen LogP contribution in [0, 0.1) is 13.8 Å². The molecule has 2 aromatic rings. The summed E-state index contributed by atoms with van der Waals surface area (Å²) in [6.07, 6.45) is 3.79. The van der Waals surface area contributed by atoms with Gasteiger partial charge in [-0.3, -0.25) is 9.36 Å². The van der Waals surface area contributed by atoms with Crippen LogP contribution in [0.3, 0.4) is 0 Å². The SMILES string of the molecule is Cc1cc(C)n(CC(=O)N(Cc2nccs2)C2CC2)c(=O)n1. The third kappa shape index (κ3) is 3.24. The van der Waals surface area contributed by atoms with Gasteiger partial charge < -0.3 is 4.90 Å². The summed E-state index contributed by atoms with van der Waals surface area (Å²) >= 11 is 1.54. The van der Waals surface area contributed by atoms with Gasteiger partial charge in [0.15, 0.2) is 0 Å². The minimum atomic E-state index is -0.365. The number of amides is 1. The van der Waals surface area contributed by atoms with Gasteiger partial charge >= 0.3 is 5.69 Å². The maximum Gasteiger partial charge on any atom is 0.348 e. The topological polar surface area (TPSA) is 68.1 Å². The van der Waals surface area contributed by atoms with Crippen molar-refractivity contribution >= 4 is 17.2 Å². The molecule has 0 atom stereocenters. The molecule has 1 amide bonds. The van der Waals surface area contributed by atoms with E-state index in [-0.39, 0.29) is 24.2 Å². The third-order valence-electron chi connectivity index (χ3n) is 3.74. The van der Waals surface area contributed by atoms with Crippen molar-refractivity contribution in [2.24, 2.45) is 0 Å². The Morgan fingerprint density at radius 1 is 1.45 bits per heavy atom.